The maximum atomic E-state index is 13.7. The van der Waals surface area contributed by atoms with Crippen LogP contribution in [0.4, 0.5) is 13.2 Å². The van der Waals surface area contributed by atoms with Gasteiger partial charge in [0.15, 0.2) is 17.5 Å². The molecule has 1 fully saturated rings. The van der Waals surface area contributed by atoms with E-state index in [1.807, 2.05) is 6.92 Å². The average molecular weight is 259 g/mol. The molecule has 0 aliphatic carbocycles. The fourth-order valence-corrected chi connectivity index (χ4v) is 2.39. The third-order valence-electron chi connectivity index (χ3n) is 3.67. The van der Waals surface area contributed by atoms with Crippen LogP contribution in [0, 0.1) is 17.5 Å². The number of likely N-dealkylation sites (tertiary alicyclic amines) is 1. The molecule has 0 atom stereocenters. The molecule has 1 aromatic rings. The van der Waals surface area contributed by atoms with Crippen LogP contribution in [0.5, 0.6) is 0 Å². The van der Waals surface area contributed by atoms with Gasteiger partial charge in [0.05, 0.1) is 5.60 Å². The molecule has 1 aliphatic rings. The van der Waals surface area contributed by atoms with Gasteiger partial charge in [-0.3, -0.25) is 0 Å². The van der Waals surface area contributed by atoms with E-state index in [1.165, 1.54) is 0 Å². The van der Waals surface area contributed by atoms with E-state index < -0.39 is 23.1 Å². The van der Waals surface area contributed by atoms with E-state index in [4.69, 9.17) is 0 Å². The lowest BCUT2D eigenvalue weighted by Crippen LogP contribution is -2.43. The van der Waals surface area contributed by atoms with Crippen molar-refractivity contribution in [3.63, 3.8) is 0 Å². The topological polar surface area (TPSA) is 23.5 Å². The van der Waals surface area contributed by atoms with Crippen LogP contribution in [0.3, 0.4) is 0 Å². The highest BCUT2D eigenvalue weighted by Crippen LogP contribution is 2.35. The highest BCUT2D eigenvalue weighted by Gasteiger charge is 2.37. The molecule has 0 amide bonds. The van der Waals surface area contributed by atoms with E-state index in [2.05, 4.69) is 4.90 Å². The summed E-state index contributed by atoms with van der Waals surface area (Å²) in [6.07, 6.45) is 0.645. The lowest BCUT2D eigenvalue weighted by molar-refractivity contribution is -0.0278. The Morgan fingerprint density at radius 3 is 2.33 bits per heavy atom. The Morgan fingerprint density at radius 1 is 1.17 bits per heavy atom. The zero-order valence-electron chi connectivity index (χ0n) is 10.2. The monoisotopic (exact) mass is 259 g/mol. The van der Waals surface area contributed by atoms with Crippen LogP contribution in [-0.2, 0) is 5.60 Å². The van der Waals surface area contributed by atoms with Gasteiger partial charge in [-0.2, -0.15) is 0 Å². The van der Waals surface area contributed by atoms with E-state index in [-0.39, 0.29) is 5.56 Å². The van der Waals surface area contributed by atoms with Crippen molar-refractivity contribution in [2.24, 2.45) is 0 Å². The van der Waals surface area contributed by atoms with Gasteiger partial charge in [0.1, 0.15) is 0 Å². The van der Waals surface area contributed by atoms with Crippen LogP contribution >= 0.6 is 0 Å². The zero-order chi connectivity index (χ0) is 13.3. The number of aliphatic hydroxyl groups is 1. The number of benzene rings is 1. The second-order valence-corrected chi connectivity index (χ2v) is 4.69. The third-order valence-corrected chi connectivity index (χ3v) is 3.67. The van der Waals surface area contributed by atoms with Crippen LogP contribution < -0.4 is 0 Å². The number of nitrogens with zero attached hydrogens (tertiary/aromatic N) is 1. The molecular formula is C13H16F3NO. The molecule has 2 rings (SSSR count). The molecule has 0 radical (unpaired) electrons. The molecule has 0 saturated carbocycles. The van der Waals surface area contributed by atoms with Crippen molar-refractivity contribution in [1.29, 1.82) is 0 Å². The molecule has 0 spiro atoms. The van der Waals surface area contributed by atoms with Crippen LogP contribution in [0.15, 0.2) is 12.1 Å². The number of halogens is 3. The molecule has 18 heavy (non-hydrogen) atoms. The highest BCUT2D eigenvalue weighted by molar-refractivity contribution is 5.27. The van der Waals surface area contributed by atoms with Gasteiger partial charge >= 0.3 is 0 Å². The van der Waals surface area contributed by atoms with E-state index in [9.17, 15) is 18.3 Å². The van der Waals surface area contributed by atoms with Crippen LogP contribution in [0.25, 0.3) is 0 Å². The Kier molecular flexibility index (Phi) is 3.64. The Bertz CT molecular complexity index is 442. The first-order chi connectivity index (χ1) is 8.48. The van der Waals surface area contributed by atoms with Crippen molar-refractivity contribution in [3.8, 4) is 0 Å². The second-order valence-electron chi connectivity index (χ2n) is 4.69. The molecule has 1 N–H and O–H groups in total. The number of rotatable bonds is 2. The highest BCUT2D eigenvalue weighted by atomic mass is 19.2. The number of hydrogen-bond acceptors (Lipinski definition) is 2. The third kappa shape index (κ3) is 2.24. The van der Waals surface area contributed by atoms with Crippen molar-refractivity contribution < 1.29 is 18.3 Å². The van der Waals surface area contributed by atoms with Crippen LogP contribution in [0.2, 0.25) is 0 Å². The SMILES string of the molecule is CCN1CCC(O)(c2ccc(F)c(F)c2F)CC1. The molecule has 1 aliphatic heterocycles. The largest absolute Gasteiger partial charge is 0.385 e. The van der Waals surface area contributed by atoms with Gasteiger partial charge in [0, 0.05) is 18.7 Å². The van der Waals surface area contributed by atoms with Crippen molar-refractivity contribution >= 4 is 0 Å². The van der Waals surface area contributed by atoms with Gasteiger partial charge in [-0.25, -0.2) is 13.2 Å². The summed E-state index contributed by atoms with van der Waals surface area (Å²) >= 11 is 0. The molecule has 0 bridgehead atoms. The summed E-state index contributed by atoms with van der Waals surface area (Å²) < 4.78 is 39.7. The fraction of sp³-hybridized carbons (Fsp3) is 0.538. The molecule has 100 valence electrons. The van der Waals surface area contributed by atoms with Crippen molar-refractivity contribution in [2.75, 3.05) is 19.6 Å². The number of piperidine rings is 1. The lowest BCUT2D eigenvalue weighted by atomic mass is 9.84. The minimum Gasteiger partial charge on any atom is -0.385 e. The summed E-state index contributed by atoms with van der Waals surface area (Å²) in [6, 6.07) is 1.99. The molecule has 0 unspecified atom stereocenters. The first kappa shape index (κ1) is 13.4. The maximum Gasteiger partial charge on any atom is 0.194 e. The molecule has 0 aromatic heterocycles. The molecule has 1 saturated heterocycles. The van der Waals surface area contributed by atoms with Crippen LogP contribution in [0.1, 0.15) is 25.3 Å². The summed E-state index contributed by atoms with van der Waals surface area (Å²) in [5.41, 5.74) is -1.54. The summed E-state index contributed by atoms with van der Waals surface area (Å²) in [6.45, 7) is 4.09. The summed E-state index contributed by atoms with van der Waals surface area (Å²) in [5, 5.41) is 10.4. The second kappa shape index (κ2) is 4.90. The standard InChI is InChI=1S/C13H16F3NO/c1-2-17-7-5-13(18,6-8-17)9-3-4-10(14)12(16)11(9)15/h3-4,18H,2,5-8H2,1H3. The van der Waals surface area contributed by atoms with Gasteiger partial charge in [-0.1, -0.05) is 13.0 Å². The number of hydrogen-bond donors (Lipinski definition) is 1. The maximum absolute atomic E-state index is 13.7. The molecule has 1 heterocycles. The smallest absolute Gasteiger partial charge is 0.194 e. The van der Waals surface area contributed by atoms with Gasteiger partial charge in [-0.15, -0.1) is 0 Å². The van der Waals surface area contributed by atoms with E-state index >= 15 is 0 Å². The Labute approximate surface area is 104 Å². The molecular weight excluding hydrogens is 243 g/mol. The van der Waals surface area contributed by atoms with Gasteiger partial charge in [0.2, 0.25) is 0 Å². The van der Waals surface area contributed by atoms with Crippen molar-refractivity contribution in [2.45, 2.75) is 25.4 Å². The fourth-order valence-electron chi connectivity index (χ4n) is 2.39. The quantitative estimate of drug-likeness (QED) is 0.824. The minimum absolute atomic E-state index is 0.142. The minimum atomic E-state index is -1.51. The Hall–Kier alpha value is -1.07. The predicted octanol–water partition coefficient (Wildman–Crippen LogP) is 2.41. The van der Waals surface area contributed by atoms with Gasteiger partial charge in [0.25, 0.3) is 0 Å². The molecule has 1 aromatic carbocycles. The molecule has 5 heteroatoms. The summed E-state index contributed by atoms with van der Waals surface area (Å²) in [7, 11) is 0. The van der Waals surface area contributed by atoms with Crippen molar-refractivity contribution in [1.82, 2.24) is 4.90 Å². The van der Waals surface area contributed by atoms with E-state index in [0.29, 0.717) is 25.9 Å². The first-order valence-electron chi connectivity index (χ1n) is 6.06. The van der Waals surface area contributed by atoms with Crippen LogP contribution in [-0.4, -0.2) is 29.6 Å². The average Bonchev–Trinajstić information content (AvgIpc) is 2.37. The Balaban J connectivity index is 2.29. The summed E-state index contributed by atoms with van der Waals surface area (Å²) in [5.74, 6) is -4.02. The lowest BCUT2D eigenvalue weighted by Gasteiger charge is -2.38. The van der Waals surface area contributed by atoms with E-state index in [0.717, 1.165) is 18.7 Å². The van der Waals surface area contributed by atoms with E-state index in [1.54, 1.807) is 0 Å². The zero-order valence-corrected chi connectivity index (χ0v) is 10.2. The molecule has 2 nitrogen and oxygen atoms in total. The van der Waals surface area contributed by atoms with Crippen molar-refractivity contribution in [3.05, 3.63) is 35.1 Å². The first-order valence-corrected chi connectivity index (χ1v) is 6.06. The normalized spacial score (nSPS) is 20.1. The van der Waals surface area contributed by atoms with Gasteiger partial charge < -0.3 is 10.0 Å². The summed E-state index contributed by atoms with van der Waals surface area (Å²) in [4.78, 5) is 2.12. The van der Waals surface area contributed by atoms with Gasteiger partial charge in [-0.05, 0) is 25.5 Å². The Morgan fingerprint density at radius 2 is 1.78 bits per heavy atom. The predicted molar refractivity (Wildman–Crippen MR) is 61.6 cm³/mol.